The largest absolute Gasteiger partial charge is 0.393 e. The van der Waals surface area contributed by atoms with Crippen LogP contribution in [0.3, 0.4) is 0 Å². The number of nitrogen functional groups attached to an aromatic ring is 1. The number of nitrogens with zero attached hydrogens (tertiary/aromatic N) is 2. The molecule has 25 heavy (non-hydrogen) atoms. The van der Waals surface area contributed by atoms with Gasteiger partial charge < -0.3 is 21.1 Å². The smallest absolute Gasteiger partial charge is 0.159 e. The van der Waals surface area contributed by atoms with Crippen LogP contribution in [0.15, 0.2) is 48.8 Å². The quantitative estimate of drug-likeness (QED) is 0.661. The zero-order valence-corrected chi connectivity index (χ0v) is 13.9. The number of aromatic nitrogens is 2. The molecule has 2 heterocycles. The fourth-order valence-electron chi connectivity index (χ4n) is 3.11. The molecule has 0 amide bonds. The average Bonchev–Trinajstić information content (AvgIpc) is 3.16. The van der Waals surface area contributed by atoms with Crippen LogP contribution >= 0.6 is 0 Å². The minimum atomic E-state index is 0.226. The molecule has 6 heteroatoms. The van der Waals surface area contributed by atoms with E-state index in [4.69, 9.17) is 10.5 Å². The van der Waals surface area contributed by atoms with Gasteiger partial charge in [0.05, 0.1) is 6.10 Å². The molecule has 1 aromatic heterocycles. The number of fused-ring (bicyclic) bond motifs is 1. The van der Waals surface area contributed by atoms with Crippen molar-refractivity contribution in [2.45, 2.75) is 18.9 Å². The number of rotatable bonds is 5. The van der Waals surface area contributed by atoms with Crippen molar-refractivity contribution in [2.24, 2.45) is 0 Å². The summed E-state index contributed by atoms with van der Waals surface area (Å²) in [5.74, 6) is 1.23. The molecule has 4 rings (SSSR count). The summed E-state index contributed by atoms with van der Waals surface area (Å²) in [4.78, 5) is 8.56. The third-order valence-corrected chi connectivity index (χ3v) is 4.45. The maximum Gasteiger partial charge on any atom is 0.159 e. The van der Waals surface area contributed by atoms with Gasteiger partial charge in [0, 0.05) is 24.2 Å². The van der Waals surface area contributed by atoms with Gasteiger partial charge in [-0.15, -0.1) is 0 Å². The maximum absolute atomic E-state index is 6.27. The van der Waals surface area contributed by atoms with E-state index >= 15 is 0 Å². The Morgan fingerprint density at radius 1 is 1.08 bits per heavy atom. The predicted octanol–water partition coefficient (Wildman–Crippen LogP) is 3.55. The van der Waals surface area contributed by atoms with Crippen molar-refractivity contribution in [3.8, 4) is 0 Å². The van der Waals surface area contributed by atoms with E-state index in [9.17, 15) is 0 Å². The second-order valence-corrected chi connectivity index (χ2v) is 6.15. The number of ether oxygens (including phenoxy) is 1. The maximum atomic E-state index is 6.27. The van der Waals surface area contributed by atoms with Gasteiger partial charge in [0.2, 0.25) is 0 Å². The number of nitrogens with one attached hydrogen (secondary N) is 2. The molecule has 1 aliphatic rings. The van der Waals surface area contributed by atoms with Crippen molar-refractivity contribution in [1.82, 2.24) is 9.97 Å². The Morgan fingerprint density at radius 2 is 1.92 bits per heavy atom. The van der Waals surface area contributed by atoms with Crippen LogP contribution in [0, 0.1) is 0 Å². The molecule has 1 saturated heterocycles. The number of hydrogen-bond donors (Lipinski definition) is 3. The first-order valence-electron chi connectivity index (χ1n) is 8.52. The first kappa shape index (κ1) is 15.7. The first-order chi connectivity index (χ1) is 12.3. The van der Waals surface area contributed by atoms with E-state index < -0.39 is 0 Å². The van der Waals surface area contributed by atoms with E-state index in [0.29, 0.717) is 23.9 Å². The van der Waals surface area contributed by atoms with Gasteiger partial charge in [-0.1, -0.05) is 36.4 Å². The Balaban J connectivity index is 1.56. The molecule has 4 N–H and O–H groups in total. The summed E-state index contributed by atoms with van der Waals surface area (Å²) in [6.07, 6.45) is 3.92. The summed E-state index contributed by atoms with van der Waals surface area (Å²) in [5, 5.41) is 8.90. The van der Waals surface area contributed by atoms with Crippen LogP contribution in [-0.4, -0.2) is 29.2 Å². The highest BCUT2D eigenvalue weighted by atomic mass is 16.5. The zero-order valence-electron chi connectivity index (χ0n) is 13.9. The van der Waals surface area contributed by atoms with Crippen molar-refractivity contribution in [3.05, 3.63) is 48.8 Å². The third kappa shape index (κ3) is 3.34. The number of anilines is 4. The normalized spacial score (nSPS) is 16.9. The Bertz CT molecular complexity index is 871. The van der Waals surface area contributed by atoms with Crippen molar-refractivity contribution in [3.63, 3.8) is 0 Å². The van der Waals surface area contributed by atoms with E-state index in [0.717, 1.165) is 35.9 Å². The van der Waals surface area contributed by atoms with Gasteiger partial charge in [-0.05, 0) is 24.3 Å². The lowest BCUT2D eigenvalue weighted by Gasteiger charge is -2.15. The summed E-state index contributed by atoms with van der Waals surface area (Å²) >= 11 is 0. The molecule has 2 aromatic carbocycles. The minimum Gasteiger partial charge on any atom is -0.393 e. The van der Waals surface area contributed by atoms with Crippen molar-refractivity contribution < 1.29 is 4.74 Å². The van der Waals surface area contributed by atoms with Crippen LogP contribution in [0.4, 0.5) is 23.0 Å². The lowest BCUT2D eigenvalue weighted by Crippen LogP contribution is -2.20. The van der Waals surface area contributed by atoms with Crippen LogP contribution in [0.5, 0.6) is 0 Å². The van der Waals surface area contributed by atoms with E-state index in [1.165, 1.54) is 6.33 Å². The first-order valence-corrected chi connectivity index (χ1v) is 8.52. The van der Waals surface area contributed by atoms with E-state index in [-0.39, 0.29) is 6.10 Å². The summed E-state index contributed by atoms with van der Waals surface area (Å²) < 4.78 is 5.63. The van der Waals surface area contributed by atoms with E-state index in [1.807, 2.05) is 24.3 Å². The molecule has 1 aliphatic heterocycles. The second kappa shape index (κ2) is 6.94. The number of benzene rings is 2. The molecule has 0 bridgehead atoms. The second-order valence-electron chi connectivity index (χ2n) is 6.15. The fourth-order valence-corrected chi connectivity index (χ4v) is 3.11. The average molecular weight is 335 g/mol. The monoisotopic (exact) mass is 335 g/mol. The Hall–Kier alpha value is -2.86. The Kier molecular flexibility index (Phi) is 4.35. The van der Waals surface area contributed by atoms with Crippen molar-refractivity contribution in [1.29, 1.82) is 0 Å². The lowest BCUT2D eigenvalue weighted by molar-refractivity contribution is 0.120. The summed E-state index contributed by atoms with van der Waals surface area (Å²) in [6.45, 7) is 1.54. The Morgan fingerprint density at radius 3 is 2.80 bits per heavy atom. The van der Waals surface area contributed by atoms with Crippen LogP contribution in [-0.2, 0) is 4.74 Å². The molecule has 0 radical (unpaired) electrons. The molecule has 6 nitrogen and oxygen atoms in total. The molecule has 3 aromatic rings. The SMILES string of the molecule is Nc1c(NCC2CCCO2)ncnc1Nc1cccc2ccccc12. The highest BCUT2D eigenvalue weighted by Crippen LogP contribution is 2.30. The van der Waals surface area contributed by atoms with Crippen LogP contribution in [0.2, 0.25) is 0 Å². The number of nitrogens with two attached hydrogens (primary N) is 1. The molecular weight excluding hydrogens is 314 g/mol. The number of hydrogen-bond acceptors (Lipinski definition) is 6. The highest BCUT2D eigenvalue weighted by Gasteiger charge is 2.16. The van der Waals surface area contributed by atoms with Crippen LogP contribution in [0.1, 0.15) is 12.8 Å². The Labute approximate surface area is 146 Å². The van der Waals surface area contributed by atoms with Gasteiger partial charge in [-0.25, -0.2) is 9.97 Å². The van der Waals surface area contributed by atoms with E-state index in [1.54, 1.807) is 0 Å². The van der Waals surface area contributed by atoms with Gasteiger partial charge in [-0.3, -0.25) is 0 Å². The predicted molar refractivity (Wildman–Crippen MR) is 101 cm³/mol. The van der Waals surface area contributed by atoms with Gasteiger partial charge >= 0.3 is 0 Å². The minimum absolute atomic E-state index is 0.226. The van der Waals surface area contributed by atoms with Gasteiger partial charge in [0.15, 0.2) is 11.6 Å². The van der Waals surface area contributed by atoms with Crippen LogP contribution < -0.4 is 16.4 Å². The topological polar surface area (TPSA) is 85.1 Å². The molecule has 128 valence electrons. The van der Waals surface area contributed by atoms with Gasteiger partial charge in [0.25, 0.3) is 0 Å². The molecule has 0 spiro atoms. The molecule has 0 aliphatic carbocycles. The molecule has 1 unspecified atom stereocenters. The molecule has 1 fully saturated rings. The zero-order chi connectivity index (χ0) is 17.1. The van der Waals surface area contributed by atoms with Gasteiger partial charge in [0.1, 0.15) is 12.0 Å². The standard InChI is InChI=1S/C19H21N5O/c20-17-18(21-11-14-7-4-10-25-14)22-12-23-19(17)24-16-9-3-6-13-5-1-2-8-15(13)16/h1-3,5-6,8-9,12,14H,4,7,10-11,20H2,(H2,21,22,23,24). The molecular formula is C19H21N5O. The summed E-state index contributed by atoms with van der Waals surface area (Å²) in [5.41, 5.74) is 7.74. The van der Waals surface area contributed by atoms with E-state index in [2.05, 4.69) is 38.8 Å². The fraction of sp³-hybridized carbons (Fsp3) is 0.263. The third-order valence-electron chi connectivity index (χ3n) is 4.45. The van der Waals surface area contributed by atoms with Crippen molar-refractivity contribution >= 4 is 33.8 Å². The molecule has 1 atom stereocenters. The lowest BCUT2D eigenvalue weighted by atomic mass is 10.1. The van der Waals surface area contributed by atoms with Crippen molar-refractivity contribution in [2.75, 3.05) is 29.5 Å². The molecule has 0 saturated carbocycles. The summed E-state index contributed by atoms with van der Waals surface area (Å²) in [7, 11) is 0. The van der Waals surface area contributed by atoms with Gasteiger partial charge in [-0.2, -0.15) is 0 Å². The highest BCUT2D eigenvalue weighted by molar-refractivity contribution is 5.96. The van der Waals surface area contributed by atoms with Crippen LogP contribution in [0.25, 0.3) is 10.8 Å². The summed E-state index contributed by atoms with van der Waals surface area (Å²) in [6, 6.07) is 14.3.